The fourth-order valence-electron chi connectivity index (χ4n) is 2.28. The fourth-order valence-corrected chi connectivity index (χ4v) is 2.47. The monoisotopic (exact) mass is 254 g/mol. The number of nitrogen functional groups attached to an aromatic ring is 1. The molecule has 0 atom stereocenters. The summed E-state index contributed by atoms with van der Waals surface area (Å²) >= 11 is 5.82. The number of hydrogen-bond acceptors (Lipinski definition) is 4. The number of rotatable bonds is 3. The first-order valence-corrected chi connectivity index (χ1v) is 6.55. The minimum atomic E-state index is 0.386. The second-order valence-corrected chi connectivity index (χ2v) is 5.33. The normalized spacial score (nSPS) is 24.6. The maximum Gasteiger partial charge on any atom is 0.226 e. The van der Waals surface area contributed by atoms with Crippen molar-refractivity contribution in [3.8, 4) is 0 Å². The van der Waals surface area contributed by atoms with Crippen LogP contribution in [-0.4, -0.2) is 16.5 Å². The van der Waals surface area contributed by atoms with Gasteiger partial charge >= 0.3 is 0 Å². The van der Waals surface area contributed by atoms with Gasteiger partial charge in [-0.25, -0.2) is 4.98 Å². The van der Waals surface area contributed by atoms with E-state index in [4.69, 9.17) is 17.3 Å². The van der Waals surface area contributed by atoms with Crippen LogP contribution in [0.4, 0.5) is 11.8 Å². The second-order valence-electron chi connectivity index (χ2n) is 4.95. The van der Waals surface area contributed by atoms with Crippen molar-refractivity contribution in [1.29, 1.82) is 0 Å². The van der Waals surface area contributed by atoms with Gasteiger partial charge in [0.05, 0.1) is 0 Å². The summed E-state index contributed by atoms with van der Waals surface area (Å²) in [6.45, 7) is 3.23. The average Bonchev–Trinajstić information content (AvgIpc) is 2.27. The van der Waals surface area contributed by atoms with Gasteiger partial charge in [0.25, 0.3) is 0 Å². The standard InChI is InChI=1S/C12H19ClN4/c1-8-2-4-9(5-3-8)7-15-12-16-10(13)6-11(14)17-12/h6,8-9H,2-5,7H2,1H3,(H3,14,15,16,17). The van der Waals surface area contributed by atoms with Crippen LogP contribution in [0.15, 0.2) is 6.07 Å². The number of anilines is 2. The lowest BCUT2D eigenvalue weighted by Crippen LogP contribution is -2.21. The summed E-state index contributed by atoms with van der Waals surface area (Å²) in [6.07, 6.45) is 5.21. The smallest absolute Gasteiger partial charge is 0.226 e. The molecule has 0 unspecified atom stereocenters. The Kier molecular flexibility index (Phi) is 4.05. The highest BCUT2D eigenvalue weighted by Gasteiger charge is 2.18. The molecule has 2 rings (SSSR count). The molecule has 0 bridgehead atoms. The number of nitrogens with one attached hydrogen (secondary N) is 1. The Bertz CT molecular complexity index is 355. The third kappa shape index (κ3) is 3.73. The maximum atomic E-state index is 5.82. The van der Waals surface area contributed by atoms with Crippen LogP contribution in [0.3, 0.4) is 0 Å². The van der Waals surface area contributed by atoms with Crippen LogP contribution >= 0.6 is 11.6 Å². The highest BCUT2D eigenvalue weighted by atomic mass is 35.5. The molecule has 17 heavy (non-hydrogen) atoms. The van der Waals surface area contributed by atoms with Crippen molar-refractivity contribution in [2.75, 3.05) is 17.6 Å². The topological polar surface area (TPSA) is 63.8 Å². The van der Waals surface area contributed by atoms with E-state index in [9.17, 15) is 0 Å². The first kappa shape index (κ1) is 12.4. The predicted octanol–water partition coefficient (Wildman–Crippen LogP) is 2.95. The molecule has 1 aromatic heterocycles. The van der Waals surface area contributed by atoms with E-state index in [0.29, 0.717) is 16.9 Å². The van der Waals surface area contributed by atoms with Crippen LogP contribution in [-0.2, 0) is 0 Å². The minimum Gasteiger partial charge on any atom is -0.383 e. The van der Waals surface area contributed by atoms with Crippen LogP contribution in [0.2, 0.25) is 5.15 Å². The summed E-state index contributed by atoms with van der Waals surface area (Å²) in [6, 6.07) is 1.55. The molecule has 0 radical (unpaired) electrons. The molecule has 0 aliphatic heterocycles. The van der Waals surface area contributed by atoms with Crippen molar-refractivity contribution in [2.45, 2.75) is 32.6 Å². The van der Waals surface area contributed by atoms with E-state index in [1.165, 1.54) is 25.7 Å². The summed E-state index contributed by atoms with van der Waals surface area (Å²) in [4.78, 5) is 8.20. The van der Waals surface area contributed by atoms with E-state index in [-0.39, 0.29) is 0 Å². The first-order valence-electron chi connectivity index (χ1n) is 6.17. The Morgan fingerprint density at radius 2 is 2.06 bits per heavy atom. The molecule has 0 aromatic carbocycles. The fraction of sp³-hybridized carbons (Fsp3) is 0.667. The minimum absolute atomic E-state index is 0.386. The van der Waals surface area contributed by atoms with Crippen molar-refractivity contribution in [1.82, 2.24) is 9.97 Å². The molecule has 4 nitrogen and oxygen atoms in total. The van der Waals surface area contributed by atoms with Crippen molar-refractivity contribution in [2.24, 2.45) is 11.8 Å². The summed E-state index contributed by atoms with van der Waals surface area (Å²) < 4.78 is 0. The molecule has 0 spiro atoms. The van der Waals surface area contributed by atoms with E-state index in [2.05, 4.69) is 22.2 Å². The van der Waals surface area contributed by atoms with Crippen LogP contribution in [0, 0.1) is 11.8 Å². The molecular weight excluding hydrogens is 236 g/mol. The third-order valence-corrected chi connectivity index (χ3v) is 3.59. The summed E-state index contributed by atoms with van der Waals surface area (Å²) in [5.41, 5.74) is 5.61. The van der Waals surface area contributed by atoms with Gasteiger partial charge in [-0.3, -0.25) is 0 Å². The number of nitrogens with two attached hydrogens (primary N) is 1. The maximum absolute atomic E-state index is 5.82. The number of hydrogen-bond donors (Lipinski definition) is 2. The second kappa shape index (κ2) is 5.54. The first-order chi connectivity index (χ1) is 8.13. The number of halogens is 1. The molecule has 5 heteroatoms. The van der Waals surface area contributed by atoms with Crippen LogP contribution in [0.25, 0.3) is 0 Å². The lowest BCUT2D eigenvalue weighted by Gasteiger charge is -2.26. The molecule has 1 aromatic rings. The molecule has 0 amide bonds. The highest BCUT2D eigenvalue weighted by molar-refractivity contribution is 6.29. The van der Waals surface area contributed by atoms with Gasteiger partial charge in [0.2, 0.25) is 5.95 Å². The van der Waals surface area contributed by atoms with Crippen molar-refractivity contribution in [3.63, 3.8) is 0 Å². The average molecular weight is 255 g/mol. The molecule has 94 valence electrons. The Labute approximate surface area is 107 Å². The zero-order valence-electron chi connectivity index (χ0n) is 10.1. The molecule has 1 aliphatic rings. The largest absolute Gasteiger partial charge is 0.383 e. The molecule has 1 fully saturated rings. The summed E-state index contributed by atoms with van der Waals surface area (Å²) in [5, 5.41) is 3.61. The molecule has 0 saturated heterocycles. The zero-order chi connectivity index (χ0) is 12.3. The van der Waals surface area contributed by atoms with Crippen molar-refractivity contribution in [3.05, 3.63) is 11.2 Å². The van der Waals surface area contributed by atoms with Gasteiger partial charge in [-0.2, -0.15) is 4.98 Å². The molecule has 1 aliphatic carbocycles. The molecule has 1 saturated carbocycles. The third-order valence-electron chi connectivity index (χ3n) is 3.40. The molecular formula is C12H19ClN4. The Hall–Kier alpha value is -1.03. The van der Waals surface area contributed by atoms with Gasteiger partial charge in [-0.15, -0.1) is 0 Å². The summed E-state index contributed by atoms with van der Waals surface area (Å²) in [7, 11) is 0. The van der Waals surface area contributed by atoms with Crippen LogP contribution in [0.5, 0.6) is 0 Å². The van der Waals surface area contributed by atoms with Gasteiger partial charge < -0.3 is 11.1 Å². The SMILES string of the molecule is CC1CCC(CNc2nc(N)cc(Cl)n2)CC1. The molecule has 3 N–H and O–H groups in total. The molecule has 1 heterocycles. The lowest BCUT2D eigenvalue weighted by molar-refractivity contribution is 0.300. The van der Waals surface area contributed by atoms with Gasteiger partial charge in [0.1, 0.15) is 11.0 Å². The highest BCUT2D eigenvalue weighted by Crippen LogP contribution is 2.28. The van der Waals surface area contributed by atoms with Crippen LogP contribution in [0.1, 0.15) is 32.6 Å². The number of nitrogens with zero attached hydrogens (tertiary/aromatic N) is 2. The van der Waals surface area contributed by atoms with E-state index < -0.39 is 0 Å². The van der Waals surface area contributed by atoms with E-state index >= 15 is 0 Å². The number of aromatic nitrogens is 2. The van der Waals surface area contributed by atoms with Crippen molar-refractivity contribution >= 4 is 23.4 Å². The van der Waals surface area contributed by atoms with Gasteiger partial charge in [0, 0.05) is 12.6 Å². The van der Waals surface area contributed by atoms with Crippen LogP contribution < -0.4 is 11.1 Å². The van der Waals surface area contributed by atoms with Crippen molar-refractivity contribution < 1.29 is 0 Å². The van der Waals surface area contributed by atoms with E-state index in [0.717, 1.165) is 18.4 Å². The van der Waals surface area contributed by atoms with Gasteiger partial charge in [0.15, 0.2) is 0 Å². The lowest BCUT2D eigenvalue weighted by atomic mass is 9.83. The summed E-state index contributed by atoms with van der Waals surface area (Å²) in [5.74, 6) is 2.54. The van der Waals surface area contributed by atoms with Gasteiger partial charge in [-0.05, 0) is 24.7 Å². The quantitative estimate of drug-likeness (QED) is 0.814. The van der Waals surface area contributed by atoms with Gasteiger partial charge in [-0.1, -0.05) is 31.4 Å². The van der Waals surface area contributed by atoms with E-state index in [1.807, 2.05) is 0 Å². The Morgan fingerprint density at radius 1 is 1.35 bits per heavy atom. The Morgan fingerprint density at radius 3 is 2.71 bits per heavy atom. The van der Waals surface area contributed by atoms with E-state index in [1.54, 1.807) is 6.07 Å². The zero-order valence-corrected chi connectivity index (χ0v) is 10.9. The predicted molar refractivity (Wildman–Crippen MR) is 71.1 cm³/mol. The Balaban J connectivity index is 1.85.